The molecule has 1 aliphatic heterocycles. The van der Waals surface area contributed by atoms with E-state index in [-0.39, 0.29) is 30.4 Å². The molecule has 1 saturated heterocycles. The van der Waals surface area contributed by atoms with Gasteiger partial charge >= 0.3 is 184 Å². The topological polar surface area (TPSA) is 72.8 Å². The van der Waals surface area contributed by atoms with Gasteiger partial charge in [-0.15, -0.1) is 0 Å². The van der Waals surface area contributed by atoms with Gasteiger partial charge in [-0.3, -0.25) is 0 Å². The van der Waals surface area contributed by atoms with Crippen LogP contribution in [0.3, 0.4) is 0 Å². The van der Waals surface area contributed by atoms with Crippen LogP contribution >= 0.6 is 0 Å². The number of ether oxygens (including phenoxy) is 1. The van der Waals surface area contributed by atoms with E-state index in [0.29, 0.717) is 22.2 Å². The molecule has 5 nitrogen and oxygen atoms in total. The summed E-state index contributed by atoms with van der Waals surface area (Å²) in [6.07, 6.45) is 11.5. The number of hydrogen-bond donors (Lipinski definition) is 1. The van der Waals surface area contributed by atoms with Crippen LogP contribution in [0.15, 0.2) is 24.3 Å². The maximum atomic E-state index is 12.4. The van der Waals surface area contributed by atoms with Gasteiger partial charge in [-0.2, -0.15) is 0 Å². The van der Waals surface area contributed by atoms with Gasteiger partial charge < -0.3 is 0 Å². The molecule has 1 N–H and O–H groups in total. The predicted molar refractivity (Wildman–Crippen MR) is 110 cm³/mol. The SMILES string of the molecule is CC[C@H](C)C(=O)OC1CC(C)/C=C/C=C\[C@H](C)[C@H](CC[I-]2C[C@@H](O)CC(=O)O2)C1. The minimum atomic E-state index is -1.91. The average molecular weight is 520 g/mol. The second kappa shape index (κ2) is 12.1. The van der Waals surface area contributed by atoms with Gasteiger partial charge in [0.2, 0.25) is 0 Å². The Hall–Kier alpha value is -0.890. The van der Waals surface area contributed by atoms with Gasteiger partial charge in [0.25, 0.3) is 0 Å². The fourth-order valence-electron chi connectivity index (χ4n) is 3.72. The molecule has 29 heavy (non-hydrogen) atoms. The molecule has 1 fully saturated rings. The number of hydrogen-bond acceptors (Lipinski definition) is 5. The quantitative estimate of drug-likeness (QED) is 0.321. The Kier molecular flexibility index (Phi) is 10.2. The maximum absolute atomic E-state index is 12.4. The molecule has 1 aliphatic carbocycles. The molecule has 0 bridgehead atoms. The van der Waals surface area contributed by atoms with E-state index < -0.39 is 26.3 Å². The van der Waals surface area contributed by atoms with Crippen LogP contribution in [0, 0.1) is 23.7 Å². The van der Waals surface area contributed by atoms with Crippen molar-refractivity contribution in [2.45, 2.75) is 72.0 Å². The van der Waals surface area contributed by atoms with Crippen LogP contribution in [0.1, 0.15) is 59.8 Å². The van der Waals surface area contributed by atoms with Crippen molar-refractivity contribution < 1.29 is 42.7 Å². The minimum absolute atomic E-state index is 0.0801. The molecule has 0 aromatic rings. The number of aliphatic hydroxyl groups is 1. The normalized spacial score (nSPS) is 35.3. The van der Waals surface area contributed by atoms with Crippen molar-refractivity contribution in [3.05, 3.63) is 24.3 Å². The third-order valence-corrected chi connectivity index (χ3v) is 10.8. The molecule has 0 spiro atoms. The molecule has 6 heteroatoms. The predicted octanol–water partition coefficient (Wildman–Crippen LogP) is 0.977. The van der Waals surface area contributed by atoms with Crippen LogP contribution in [0.5, 0.6) is 0 Å². The van der Waals surface area contributed by atoms with E-state index in [1.807, 2.05) is 13.8 Å². The zero-order valence-corrected chi connectivity index (χ0v) is 20.3. The molecular formula is C23H37IO5-. The van der Waals surface area contributed by atoms with Crippen molar-refractivity contribution in [3.63, 3.8) is 0 Å². The standard InChI is InChI=1S/C23H37IO5/c1-5-17(3)23(27)28-21-12-16(2)8-6-7-9-18(4)19(13-21)10-11-24-15-20(25)14-22(26)29-24/h6-9,16-21,25H,5,10-15H2,1-4H3/q-1/b8-6+,9-7-/t16?,17-,18-,19+,20-,21?/m0/s1. The van der Waals surface area contributed by atoms with Crippen molar-refractivity contribution in [2.24, 2.45) is 23.7 Å². The Morgan fingerprint density at radius 1 is 1.31 bits per heavy atom. The zero-order valence-electron chi connectivity index (χ0n) is 18.2. The number of allylic oxidation sites excluding steroid dienone is 4. The molecule has 0 aromatic carbocycles. The number of halogens is 1. The van der Waals surface area contributed by atoms with Gasteiger partial charge in [-0.05, 0) is 0 Å². The van der Waals surface area contributed by atoms with Gasteiger partial charge in [-0.25, -0.2) is 0 Å². The van der Waals surface area contributed by atoms with E-state index >= 15 is 0 Å². The van der Waals surface area contributed by atoms with Crippen LogP contribution in [0.25, 0.3) is 0 Å². The van der Waals surface area contributed by atoms with Crippen LogP contribution in [0.2, 0.25) is 0 Å². The Morgan fingerprint density at radius 2 is 2.03 bits per heavy atom. The summed E-state index contributed by atoms with van der Waals surface area (Å²) in [6, 6.07) is 0. The Labute approximate surface area is 183 Å². The molecule has 1 radical (unpaired) electrons. The first kappa shape index (κ1) is 24.4. The van der Waals surface area contributed by atoms with Crippen LogP contribution < -0.4 is 20.2 Å². The Balaban J connectivity index is 2.06. The molecule has 6 atom stereocenters. The molecule has 0 saturated carbocycles. The van der Waals surface area contributed by atoms with Crippen molar-refractivity contribution >= 4 is 11.9 Å². The molecule has 0 aromatic heterocycles. The van der Waals surface area contributed by atoms with Crippen molar-refractivity contribution in [1.82, 2.24) is 0 Å². The summed E-state index contributed by atoms with van der Waals surface area (Å²) >= 11 is -1.91. The number of aliphatic hydroxyl groups excluding tert-OH is 1. The molecule has 0 amide bonds. The first-order valence-corrected chi connectivity index (χ1v) is 14.8. The van der Waals surface area contributed by atoms with E-state index in [0.717, 1.165) is 30.1 Å². The van der Waals surface area contributed by atoms with Gasteiger partial charge in [0, 0.05) is 0 Å². The Morgan fingerprint density at radius 3 is 2.72 bits per heavy atom. The monoisotopic (exact) mass is 520 g/mol. The Bertz CT molecular complexity index is 602. The number of alkyl halides is 2. The average Bonchev–Trinajstić information content (AvgIpc) is 2.66. The summed E-state index contributed by atoms with van der Waals surface area (Å²) in [6.45, 7) is 8.29. The van der Waals surface area contributed by atoms with Crippen LogP contribution in [0.4, 0.5) is 0 Å². The third kappa shape index (κ3) is 8.40. The fourth-order valence-corrected chi connectivity index (χ4v) is 8.38. The van der Waals surface area contributed by atoms with E-state index in [9.17, 15) is 14.7 Å². The summed E-state index contributed by atoms with van der Waals surface area (Å²) in [7, 11) is 0. The molecule has 2 aliphatic rings. The summed E-state index contributed by atoms with van der Waals surface area (Å²) in [5, 5.41) is 9.90. The third-order valence-electron chi connectivity index (χ3n) is 5.85. The number of esters is 1. The molecule has 2 rings (SSSR count). The zero-order chi connectivity index (χ0) is 21.4. The number of carbonyl (C=O) groups excluding carboxylic acids is 2. The van der Waals surface area contributed by atoms with Crippen molar-refractivity contribution in [3.8, 4) is 0 Å². The van der Waals surface area contributed by atoms with E-state index in [4.69, 9.17) is 7.80 Å². The molecule has 1 heterocycles. The van der Waals surface area contributed by atoms with Crippen LogP contribution in [-0.2, 0) is 17.4 Å². The van der Waals surface area contributed by atoms with Crippen molar-refractivity contribution in [2.75, 3.05) is 8.86 Å². The second-order valence-corrected chi connectivity index (χ2v) is 13.3. The summed E-state index contributed by atoms with van der Waals surface area (Å²) < 4.78 is 13.1. The summed E-state index contributed by atoms with van der Waals surface area (Å²) in [4.78, 5) is 24.1. The summed E-state index contributed by atoms with van der Waals surface area (Å²) in [5.41, 5.74) is 0. The van der Waals surface area contributed by atoms with Gasteiger partial charge in [-0.1, -0.05) is 0 Å². The fraction of sp³-hybridized carbons (Fsp3) is 0.739. The van der Waals surface area contributed by atoms with Crippen molar-refractivity contribution in [1.29, 1.82) is 0 Å². The number of rotatable bonds is 6. The molecule has 2 unspecified atom stereocenters. The second-order valence-electron chi connectivity index (χ2n) is 8.55. The van der Waals surface area contributed by atoms with Crippen LogP contribution in [-0.4, -0.2) is 38.1 Å². The molecule has 167 valence electrons. The first-order chi connectivity index (χ1) is 13.8. The molecular weight excluding hydrogens is 483 g/mol. The van der Waals surface area contributed by atoms with E-state index in [2.05, 4.69) is 38.2 Å². The van der Waals surface area contributed by atoms with Gasteiger partial charge in [0.1, 0.15) is 0 Å². The van der Waals surface area contributed by atoms with Gasteiger partial charge in [0.15, 0.2) is 0 Å². The van der Waals surface area contributed by atoms with Gasteiger partial charge in [0.05, 0.1) is 0 Å². The summed E-state index contributed by atoms with van der Waals surface area (Å²) in [5.74, 6) is 0.616. The number of carbonyl (C=O) groups is 2. The van der Waals surface area contributed by atoms with E-state index in [1.165, 1.54) is 0 Å². The van der Waals surface area contributed by atoms with E-state index in [1.54, 1.807) is 0 Å². The first-order valence-electron chi connectivity index (χ1n) is 10.8.